The lowest BCUT2D eigenvalue weighted by molar-refractivity contribution is 0.0625. The van der Waals surface area contributed by atoms with Crippen molar-refractivity contribution in [3.8, 4) is 0 Å². The summed E-state index contributed by atoms with van der Waals surface area (Å²) in [4.78, 5) is 0. The molecular formula is C9H9Cl2F2N. The van der Waals surface area contributed by atoms with Crippen molar-refractivity contribution in [2.45, 2.75) is 18.9 Å². The Balaban J connectivity index is 3.14. The number of nitrogens with two attached hydrogens (primary N) is 1. The first kappa shape index (κ1) is 11.7. The van der Waals surface area contributed by atoms with E-state index in [1.165, 1.54) is 25.1 Å². The summed E-state index contributed by atoms with van der Waals surface area (Å²) in [5.41, 5.74) is 4.01. The van der Waals surface area contributed by atoms with Crippen LogP contribution >= 0.6 is 23.2 Å². The van der Waals surface area contributed by atoms with Crippen molar-refractivity contribution in [3.63, 3.8) is 0 Å². The molecule has 1 aromatic rings. The molecule has 1 nitrogen and oxygen atoms in total. The van der Waals surface area contributed by atoms with Gasteiger partial charge in [0.15, 0.2) is 0 Å². The highest BCUT2D eigenvalue weighted by Gasteiger charge is 2.32. The van der Waals surface area contributed by atoms with Gasteiger partial charge in [0.1, 0.15) is 0 Å². The van der Waals surface area contributed by atoms with Gasteiger partial charge in [-0.1, -0.05) is 29.3 Å². The molecule has 1 rings (SSSR count). The molecule has 0 saturated heterocycles. The maximum absolute atomic E-state index is 12.5. The van der Waals surface area contributed by atoms with Crippen LogP contribution in [0, 0.1) is 0 Å². The van der Waals surface area contributed by atoms with E-state index < -0.39 is 12.0 Å². The van der Waals surface area contributed by atoms with Gasteiger partial charge in [0.05, 0.1) is 15.6 Å². The predicted octanol–water partition coefficient (Wildman–Crippen LogP) is 3.43. The molecule has 0 aliphatic heterocycles. The number of hydrogen-bond acceptors (Lipinski definition) is 1. The van der Waals surface area contributed by atoms with Crippen molar-refractivity contribution < 1.29 is 8.78 Å². The van der Waals surface area contributed by atoms with E-state index in [0.29, 0.717) is 5.02 Å². The largest absolute Gasteiger partial charge is 0.317 e. The summed E-state index contributed by atoms with van der Waals surface area (Å²) < 4.78 is 25.1. The van der Waals surface area contributed by atoms with Crippen molar-refractivity contribution in [2.75, 3.05) is 0 Å². The van der Waals surface area contributed by atoms with Crippen molar-refractivity contribution >= 4 is 23.2 Å². The van der Waals surface area contributed by atoms with Gasteiger partial charge < -0.3 is 5.73 Å². The highest BCUT2D eigenvalue weighted by atomic mass is 35.5. The fourth-order valence-electron chi connectivity index (χ4n) is 0.957. The van der Waals surface area contributed by atoms with Crippen LogP contribution in [0.2, 0.25) is 10.0 Å². The zero-order chi connectivity index (χ0) is 10.9. The van der Waals surface area contributed by atoms with Gasteiger partial charge in [-0.2, -0.15) is 0 Å². The monoisotopic (exact) mass is 239 g/mol. The van der Waals surface area contributed by atoms with Crippen LogP contribution in [0.5, 0.6) is 0 Å². The van der Waals surface area contributed by atoms with Crippen molar-refractivity contribution in [1.82, 2.24) is 0 Å². The summed E-state index contributed by atoms with van der Waals surface area (Å²) in [6, 6.07) is 4.25. The van der Waals surface area contributed by atoms with E-state index in [2.05, 4.69) is 0 Å². The third-order valence-electron chi connectivity index (χ3n) is 1.99. The summed E-state index contributed by atoms with van der Waals surface area (Å²) in [6.07, 6.45) is -2.65. The Kier molecular flexibility index (Phi) is 3.35. The van der Waals surface area contributed by atoms with Gasteiger partial charge in [0.25, 0.3) is 6.43 Å². The van der Waals surface area contributed by atoms with E-state index in [9.17, 15) is 8.78 Å². The Morgan fingerprint density at radius 2 is 1.86 bits per heavy atom. The van der Waals surface area contributed by atoms with Crippen LogP contribution in [-0.2, 0) is 5.54 Å². The Labute approximate surface area is 90.8 Å². The lowest BCUT2D eigenvalue weighted by atomic mass is 9.94. The first-order valence-corrected chi connectivity index (χ1v) is 4.64. The lowest BCUT2D eigenvalue weighted by Gasteiger charge is -2.24. The van der Waals surface area contributed by atoms with Crippen LogP contribution < -0.4 is 5.73 Å². The second-order valence-electron chi connectivity index (χ2n) is 3.21. The van der Waals surface area contributed by atoms with Crippen LogP contribution in [0.15, 0.2) is 18.2 Å². The first-order chi connectivity index (χ1) is 6.35. The fourth-order valence-corrected chi connectivity index (χ4v) is 1.26. The molecule has 2 N–H and O–H groups in total. The average Bonchev–Trinajstić information content (AvgIpc) is 2.09. The molecule has 0 fully saturated rings. The quantitative estimate of drug-likeness (QED) is 0.841. The van der Waals surface area contributed by atoms with E-state index in [1.54, 1.807) is 0 Å². The SMILES string of the molecule is CC(N)(c1ccc(Cl)c(Cl)c1)C(F)F. The van der Waals surface area contributed by atoms with Crippen molar-refractivity contribution in [2.24, 2.45) is 5.73 Å². The summed E-state index contributed by atoms with van der Waals surface area (Å²) in [5.74, 6) is 0. The topological polar surface area (TPSA) is 26.0 Å². The first-order valence-electron chi connectivity index (χ1n) is 3.88. The van der Waals surface area contributed by atoms with Crippen LogP contribution in [0.1, 0.15) is 12.5 Å². The molecule has 0 spiro atoms. The molecule has 0 amide bonds. The predicted molar refractivity (Wildman–Crippen MR) is 54.0 cm³/mol. The number of rotatable bonds is 2. The van der Waals surface area contributed by atoms with Gasteiger partial charge in [0.2, 0.25) is 0 Å². The van der Waals surface area contributed by atoms with Gasteiger partial charge in [0, 0.05) is 0 Å². The highest BCUT2D eigenvalue weighted by Crippen LogP contribution is 2.30. The molecule has 0 aliphatic rings. The molecule has 5 heteroatoms. The standard InChI is InChI=1S/C9H9Cl2F2N/c1-9(14,8(12)13)5-2-3-6(10)7(11)4-5/h2-4,8H,14H2,1H3. The molecule has 0 heterocycles. The zero-order valence-corrected chi connectivity index (χ0v) is 8.91. The van der Waals surface area contributed by atoms with Gasteiger partial charge in [-0.25, -0.2) is 8.78 Å². The Morgan fingerprint density at radius 3 is 2.29 bits per heavy atom. The third-order valence-corrected chi connectivity index (χ3v) is 2.73. The summed E-state index contributed by atoms with van der Waals surface area (Å²) in [6.45, 7) is 1.25. The average molecular weight is 240 g/mol. The Morgan fingerprint density at radius 1 is 1.29 bits per heavy atom. The van der Waals surface area contributed by atoms with E-state index in [4.69, 9.17) is 28.9 Å². The van der Waals surface area contributed by atoms with E-state index in [1.807, 2.05) is 0 Å². The van der Waals surface area contributed by atoms with Gasteiger partial charge >= 0.3 is 0 Å². The number of hydrogen-bond donors (Lipinski definition) is 1. The number of benzene rings is 1. The maximum Gasteiger partial charge on any atom is 0.260 e. The molecular weight excluding hydrogens is 231 g/mol. The van der Waals surface area contributed by atoms with Crippen molar-refractivity contribution in [3.05, 3.63) is 33.8 Å². The van der Waals surface area contributed by atoms with Gasteiger partial charge in [-0.3, -0.25) is 0 Å². The maximum atomic E-state index is 12.5. The second-order valence-corrected chi connectivity index (χ2v) is 4.03. The minimum absolute atomic E-state index is 0.224. The van der Waals surface area contributed by atoms with E-state index in [0.717, 1.165) is 0 Å². The van der Waals surface area contributed by atoms with E-state index >= 15 is 0 Å². The number of halogens is 4. The van der Waals surface area contributed by atoms with Gasteiger partial charge in [-0.05, 0) is 24.6 Å². The fraction of sp³-hybridized carbons (Fsp3) is 0.333. The molecule has 78 valence electrons. The molecule has 1 atom stereocenters. The summed E-state index contributed by atoms with van der Waals surface area (Å²) >= 11 is 11.3. The van der Waals surface area contributed by atoms with Crippen molar-refractivity contribution in [1.29, 1.82) is 0 Å². The van der Waals surface area contributed by atoms with Crippen LogP contribution in [-0.4, -0.2) is 6.43 Å². The molecule has 14 heavy (non-hydrogen) atoms. The van der Waals surface area contributed by atoms with Crippen LogP contribution in [0.3, 0.4) is 0 Å². The highest BCUT2D eigenvalue weighted by molar-refractivity contribution is 6.42. The molecule has 1 aromatic carbocycles. The molecule has 1 unspecified atom stereocenters. The Bertz CT molecular complexity index is 340. The normalized spacial score (nSPS) is 15.6. The zero-order valence-electron chi connectivity index (χ0n) is 7.40. The number of alkyl halides is 2. The summed E-state index contributed by atoms with van der Waals surface area (Å²) in [5, 5.41) is 0.543. The summed E-state index contributed by atoms with van der Waals surface area (Å²) in [7, 11) is 0. The van der Waals surface area contributed by atoms with Gasteiger partial charge in [-0.15, -0.1) is 0 Å². The molecule has 0 aromatic heterocycles. The molecule has 0 saturated carbocycles. The van der Waals surface area contributed by atoms with E-state index in [-0.39, 0.29) is 10.6 Å². The lowest BCUT2D eigenvalue weighted by Crippen LogP contribution is -2.40. The molecule has 0 bridgehead atoms. The molecule has 0 aliphatic carbocycles. The van der Waals surface area contributed by atoms with Crippen LogP contribution in [0.4, 0.5) is 8.78 Å². The minimum Gasteiger partial charge on any atom is -0.317 e. The third kappa shape index (κ3) is 2.16. The molecule has 0 radical (unpaired) electrons. The Hall–Kier alpha value is -0.380. The second kappa shape index (κ2) is 4.01. The minimum atomic E-state index is -2.65. The smallest absolute Gasteiger partial charge is 0.260 e. The van der Waals surface area contributed by atoms with Crippen LogP contribution in [0.25, 0.3) is 0 Å².